The van der Waals surface area contributed by atoms with Gasteiger partial charge in [-0.2, -0.15) is 4.37 Å². The topological polar surface area (TPSA) is 24.9 Å². The summed E-state index contributed by atoms with van der Waals surface area (Å²) in [5.74, 6) is 0. The maximum Gasteiger partial charge on any atom is 0.0843 e. The monoisotopic (exact) mass is 220 g/mol. The summed E-state index contributed by atoms with van der Waals surface area (Å²) in [7, 11) is 2.03. The van der Waals surface area contributed by atoms with Crippen molar-refractivity contribution in [1.29, 1.82) is 0 Å². The first kappa shape index (κ1) is 10.6. The van der Waals surface area contributed by atoms with E-state index >= 15 is 0 Å². The molecule has 1 unspecified atom stereocenters. The van der Waals surface area contributed by atoms with Crippen molar-refractivity contribution < 1.29 is 0 Å². The second kappa shape index (κ2) is 4.73. The molecule has 0 fully saturated rings. The first-order valence-electron chi connectivity index (χ1n) is 5.35. The summed E-state index contributed by atoms with van der Waals surface area (Å²) >= 11 is 1.63. The predicted octanol–water partition coefficient (Wildman–Crippen LogP) is 2.84. The lowest BCUT2D eigenvalue weighted by atomic mass is 10.1. The molecule has 1 heterocycles. The molecule has 0 bridgehead atoms. The fraction of sp³-hybridized carbons (Fsp3) is 0.417. The zero-order valence-corrected chi connectivity index (χ0v) is 9.97. The molecule has 1 atom stereocenters. The van der Waals surface area contributed by atoms with Gasteiger partial charge >= 0.3 is 0 Å². The number of fused-ring (bicyclic) bond motifs is 1. The molecule has 0 aliphatic carbocycles. The summed E-state index contributed by atoms with van der Waals surface area (Å²) in [5.41, 5.74) is 1.13. The zero-order chi connectivity index (χ0) is 10.7. The molecule has 3 heteroatoms. The van der Waals surface area contributed by atoms with E-state index in [0.29, 0.717) is 6.04 Å². The van der Waals surface area contributed by atoms with Crippen molar-refractivity contribution in [1.82, 2.24) is 9.69 Å². The summed E-state index contributed by atoms with van der Waals surface area (Å²) in [6, 6.07) is 8.93. The Bertz CT molecular complexity index is 432. The van der Waals surface area contributed by atoms with Crippen molar-refractivity contribution in [3.63, 3.8) is 0 Å². The van der Waals surface area contributed by atoms with Crippen LogP contribution in [0.4, 0.5) is 0 Å². The van der Waals surface area contributed by atoms with Crippen molar-refractivity contribution in [3.05, 3.63) is 29.1 Å². The molecule has 0 aliphatic rings. The van der Waals surface area contributed by atoms with Gasteiger partial charge in [0.25, 0.3) is 0 Å². The Labute approximate surface area is 94.5 Å². The van der Waals surface area contributed by atoms with Gasteiger partial charge in [-0.25, -0.2) is 0 Å². The minimum Gasteiger partial charge on any atom is -0.317 e. The molecule has 0 radical (unpaired) electrons. The Kier molecular flexibility index (Phi) is 3.34. The Morgan fingerprint density at radius 3 is 2.93 bits per heavy atom. The van der Waals surface area contributed by atoms with Crippen molar-refractivity contribution >= 4 is 22.4 Å². The Morgan fingerprint density at radius 1 is 1.40 bits per heavy atom. The Morgan fingerprint density at radius 2 is 2.20 bits per heavy atom. The molecule has 80 valence electrons. The Balaban J connectivity index is 2.28. The molecular formula is C12H16N2S. The van der Waals surface area contributed by atoms with Crippen LogP contribution in [0.3, 0.4) is 0 Å². The van der Waals surface area contributed by atoms with Crippen molar-refractivity contribution in [2.75, 3.05) is 7.05 Å². The average Bonchev–Trinajstić information content (AvgIpc) is 2.69. The predicted molar refractivity (Wildman–Crippen MR) is 66.5 cm³/mol. The first-order chi connectivity index (χ1) is 7.35. The highest BCUT2D eigenvalue weighted by Crippen LogP contribution is 2.23. The summed E-state index contributed by atoms with van der Waals surface area (Å²) in [5, 5.41) is 4.65. The summed E-state index contributed by atoms with van der Waals surface area (Å²) in [4.78, 5) is 1.40. The highest BCUT2D eigenvalue weighted by atomic mass is 32.1. The van der Waals surface area contributed by atoms with Gasteiger partial charge in [0.15, 0.2) is 0 Å². The van der Waals surface area contributed by atoms with Gasteiger partial charge < -0.3 is 5.32 Å². The molecule has 2 rings (SSSR count). The van der Waals surface area contributed by atoms with Gasteiger partial charge in [0.1, 0.15) is 0 Å². The van der Waals surface area contributed by atoms with Gasteiger partial charge in [-0.15, -0.1) is 0 Å². The number of hydrogen-bond acceptors (Lipinski definition) is 3. The third-order valence-electron chi connectivity index (χ3n) is 2.79. The van der Waals surface area contributed by atoms with E-state index in [0.717, 1.165) is 18.4 Å². The van der Waals surface area contributed by atoms with Crippen LogP contribution in [0.25, 0.3) is 10.9 Å². The molecule has 1 aromatic carbocycles. The second-order valence-corrected chi connectivity index (χ2v) is 4.58. The van der Waals surface area contributed by atoms with Crippen molar-refractivity contribution in [2.45, 2.75) is 25.8 Å². The van der Waals surface area contributed by atoms with Crippen LogP contribution in [0.15, 0.2) is 24.3 Å². The van der Waals surface area contributed by atoms with Crippen LogP contribution in [0, 0.1) is 0 Å². The Hall–Kier alpha value is -0.930. The maximum atomic E-state index is 4.45. The van der Waals surface area contributed by atoms with Gasteiger partial charge in [0.2, 0.25) is 0 Å². The third-order valence-corrected chi connectivity index (χ3v) is 3.69. The number of likely N-dealkylation sites (N-methyl/N-ethyl adjacent to an activating group) is 1. The van der Waals surface area contributed by atoms with Gasteiger partial charge in [0, 0.05) is 16.3 Å². The van der Waals surface area contributed by atoms with E-state index in [1.807, 2.05) is 13.1 Å². The fourth-order valence-electron chi connectivity index (χ4n) is 1.76. The normalized spacial score (nSPS) is 13.2. The number of rotatable bonds is 4. The van der Waals surface area contributed by atoms with Gasteiger partial charge in [0.05, 0.1) is 5.52 Å². The molecule has 1 aromatic heterocycles. The van der Waals surface area contributed by atoms with E-state index in [2.05, 4.69) is 34.8 Å². The molecular weight excluding hydrogens is 204 g/mol. The summed E-state index contributed by atoms with van der Waals surface area (Å²) in [6.07, 6.45) is 2.24. The molecule has 1 N–H and O–H groups in total. The highest BCUT2D eigenvalue weighted by Gasteiger charge is 2.10. The van der Waals surface area contributed by atoms with Crippen LogP contribution in [0.2, 0.25) is 0 Å². The standard InChI is InChI=1S/C12H16N2S/c1-3-9(13-2)8-12-10-6-4-5-7-11(10)14-15-12/h4-7,9,13H,3,8H2,1-2H3. The smallest absolute Gasteiger partial charge is 0.0843 e. The van der Waals surface area contributed by atoms with Gasteiger partial charge in [-0.3, -0.25) is 0 Å². The maximum absolute atomic E-state index is 4.45. The van der Waals surface area contributed by atoms with Crippen LogP contribution in [-0.4, -0.2) is 17.5 Å². The number of benzene rings is 1. The molecule has 0 saturated carbocycles. The average molecular weight is 220 g/mol. The minimum atomic E-state index is 0.564. The lowest BCUT2D eigenvalue weighted by Crippen LogP contribution is -2.26. The number of nitrogens with zero attached hydrogens (tertiary/aromatic N) is 1. The molecule has 2 nitrogen and oxygen atoms in total. The third kappa shape index (κ3) is 2.19. The van der Waals surface area contributed by atoms with E-state index in [1.165, 1.54) is 10.3 Å². The van der Waals surface area contributed by atoms with E-state index in [4.69, 9.17) is 0 Å². The zero-order valence-electron chi connectivity index (χ0n) is 9.16. The van der Waals surface area contributed by atoms with Crippen LogP contribution >= 0.6 is 11.5 Å². The number of hydrogen-bond donors (Lipinski definition) is 1. The number of nitrogens with one attached hydrogen (secondary N) is 1. The molecule has 0 aliphatic heterocycles. The molecule has 0 spiro atoms. The molecule has 2 aromatic rings. The molecule has 0 amide bonds. The highest BCUT2D eigenvalue weighted by molar-refractivity contribution is 7.07. The summed E-state index contributed by atoms with van der Waals surface area (Å²) in [6.45, 7) is 2.21. The van der Waals surface area contributed by atoms with Crippen molar-refractivity contribution in [3.8, 4) is 0 Å². The summed E-state index contributed by atoms with van der Waals surface area (Å²) < 4.78 is 4.45. The first-order valence-corrected chi connectivity index (χ1v) is 6.13. The minimum absolute atomic E-state index is 0.564. The van der Waals surface area contributed by atoms with Crippen LogP contribution in [-0.2, 0) is 6.42 Å². The van der Waals surface area contributed by atoms with E-state index in [-0.39, 0.29) is 0 Å². The van der Waals surface area contributed by atoms with Crippen LogP contribution in [0.5, 0.6) is 0 Å². The van der Waals surface area contributed by atoms with Gasteiger partial charge in [-0.05, 0) is 37.5 Å². The quantitative estimate of drug-likeness (QED) is 0.857. The molecule has 15 heavy (non-hydrogen) atoms. The van der Waals surface area contributed by atoms with E-state index < -0.39 is 0 Å². The SMILES string of the molecule is CCC(Cc1snc2ccccc12)NC. The lowest BCUT2D eigenvalue weighted by molar-refractivity contribution is 0.548. The van der Waals surface area contributed by atoms with Crippen molar-refractivity contribution in [2.24, 2.45) is 0 Å². The lowest BCUT2D eigenvalue weighted by Gasteiger charge is -2.11. The second-order valence-electron chi connectivity index (χ2n) is 3.72. The fourth-order valence-corrected chi connectivity index (χ4v) is 2.68. The largest absolute Gasteiger partial charge is 0.317 e. The number of aromatic nitrogens is 1. The molecule has 0 saturated heterocycles. The van der Waals surface area contributed by atoms with Gasteiger partial charge in [-0.1, -0.05) is 25.1 Å². The van der Waals surface area contributed by atoms with Crippen LogP contribution < -0.4 is 5.32 Å². The van der Waals surface area contributed by atoms with E-state index in [1.54, 1.807) is 11.5 Å². The van der Waals surface area contributed by atoms with E-state index in [9.17, 15) is 0 Å². The van der Waals surface area contributed by atoms with Crippen LogP contribution in [0.1, 0.15) is 18.2 Å².